The molecule has 0 saturated heterocycles. The standard InChI is InChI=1S/C16H16N4O/c1-3-18-15-9-8-13(11-19-15)16(21)20(2)14-7-5-4-6-12(14)10-17/h4-9,11H,3H2,1-2H3,(H,18,19). The fraction of sp³-hybridized carbons (Fsp3) is 0.188. The Morgan fingerprint density at radius 2 is 2.10 bits per heavy atom. The van der Waals surface area contributed by atoms with Gasteiger partial charge in [0.05, 0.1) is 16.8 Å². The lowest BCUT2D eigenvalue weighted by molar-refractivity contribution is 0.0992. The van der Waals surface area contributed by atoms with Crippen LogP contribution in [0.15, 0.2) is 42.6 Å². The fourth-order valence-corrected chi connectivity index (χ4v) is 1.97. The van der Waals surface area contributed by atoms with Crippen LogP contribution in [0.2, 0.25) is 0 Å². The van der Waals surface area contributed by atoms with Crippen LogP contribution in [0.25, 0.3) is 0 Å². The van der Waals surface area contributed by atoms with Crippen molar-refractivity contribution in [3.05, 3.63) is 53.7 Å². The van der Waals surface area contributed by atoms with Gasteiger partial charge in [0, 0.05) is 19.8 Å². The molecule has 0 saturated carbocycles. The van der Waals surface area contributed by atoms with Crippen molar-refractivity contribution in [1.82, 2.24) is 4.98 Å². The third-order valence-corrected chi connectivity index (χ3v) is 3.06. The van der Waals surface area contributed by atoms with Gasteiger partial charge in [-0.05, 0) is 31.2 Å². The summed E-state index contributed by atoms with van der Waals surface area (Å²) in [5, 5.41) is 12.2. The minimum absolute atomic E-state index is 0.201. The highest BCUT2D eigenvalue weighted by atomic mass is 16.2. The van der Waals surface area contributed by atoms with Crippen molar-refractivity contribution < 1.29 is 4.79 Å². The van der Waals surface area contributed by atoms with Gasteiger partial charge in [-0.1, -0.05) is 12.1 Å². The number of amides is 1. The number of hydrogen-bond acceptors (Lipinski definition) is 4. The Hall–Kier alpha value is -2.87. The van der Waals surface area contributed by atoms with E-state index in [1.165, 1.54) is 11.1 Å². The minimum atomic E-state index is -0.201. The SMILES string of the molecule is CCNc1ccc(C(=O)N(C)c2ccccc2C#N)cn1. The largest absolute Gasteiger partial charge is 0.370 e. The number of hydrogen-bond donors (Lipinski definition) is 1. The lowest BCUT2D eigenvalue weighted by Gasteiger charge is -2.18. The highest BCUT2D eigenvalue weighted by molar-refractivity contribution is 6.06. The van der Waals surface area contributed by atoms with Crippen molar-refractivity contribution in [3.63, 3.8) is 0 Å². The number of benzene rings is 1. The second kappa shape index (κ2) is 6.53. The molecular formula is C16H16N4O. The average molecular weight is 280 g/mol. The van der Waals surface area contributed by atoms with E-state index in [0.717, 1.165) is 12.4 Å². The molecule has 5 nitrogen and oxygen atoms in total. The molecule has 0 aliphatic heterocycles. The quantitative estimate of drug-likeness (QED) is 0.934. The molecule has 0 atom stereocenters. The summed E-state index contributed by atoms with van der Waals surface area (Å²) in [7, 11) is 1.65. The van der Waals surface area contributed by atoms with Crippen molar-refractivity contribution in [1.29, 1.82) is 5.26 Å². The Kier molecular flexibility index (Phi) is 4.52. The first-order chi connectivity index (χ1) is 10.2. The minimum Gasteiger partial charge on any atom is -0.370 e. The van der Waals surface area contributed by atoms with E-state index in [4.69, 9.17) is 5.26 Å². The maximum absolute atomic E-state index is 12.4. The number of rotatable bonds is 4. The van der Waals surface area contributed by atoms with Crippen molar-refractivity contribution in [2.24, 2.45) is 0 Å². The normalized spacial score (nSPS) is 9.76. The van der Waals surface area contributed by atoms with Gasteiger partial charge in [-0.15, -0.1) is 0 Å². The summed E-state index contributed by atoms with van der Waals surface area (Å²) in [5.74, 6) is 0.530. The predicted molar refractivity (Wildman–Crippen MR) is 82.3 cm³/mol. The van der Waals surface area contributed by atoms with E-state index < -0.39 is 0 Å². The second-order valence-electron chi connectivity index (χ2n) is 4.46. The van der Waals surface area contributed by atoms with Crippen LogP contribution >= 0.6 is 0 Å². The molecule has 0 spiro atoms. The van der Waals surface area contributed by atoms with Crippen molar-refractivity contribution in [2.45, 2.75) is 6.92 Å². The molecule has 21 heavy (non-hydrogen) atoms. The van der Waals surface area contributed by atoms with E-state index in [0.29, 0.717) is 16.8 Å². The van der Waals surface area contributed by atoms with E-state index in [1.807, 2.05) is 6.92 Å². The van der Waals surface area contributed by atoms with Crippen LogP contribution in [-0.4, -0.2) is 24.5 Å². The number of carbonyl (C=O) groups excluding carboxylic acids is 1. The van der Waals surface area contributed by atoms with Gasteiger partial charge >= 0.3 is 0 Å². The molecule has 5 heteroatoms. The molecule has 2 aromatic rings. The summed E-state index contributed by atoms with van der Waals surface area (Å²) in [4.78, 5) is 18.1. The van der Waals surface area contributed by atoms with Crippen molar-refractivity contribution in [2.75, 3.05) is 23.8 Å². The van der Waals surface area contributed by atoms with Crippen LogP contribution < -0.4 is 10.2 Å². The van der Waals surface area contributed by atoms with Gasteiger partial charge in [0.2, 0.25) is 0 Å². The summed E-state index contributed by atoms with van der Waals surface area (Å²) in [6.07, 6.45) is 1.53. The van der Waals surface area contributed by atoms with E-state index in [9.17, 15) is 4.79 Å². The molecule has 1 amide bonds. The van der Waals surface area contributed by atoms with Crippen LogP contribution in [0.3, 0.4) is 0 Å². The maximum atomic E-state index is 12.4. The van der Waals surface area contributed by atoms with Crippen LogP contribution in [0, 0.1) is 11.3 Å². The number of carbonyl (C=O) groups is 1. The van der Waals surface area contributed by atoms with E-state index in [-0.39, 0.29) is 5.91 Å². The zero-order valence-corrected chi connectivity index (χ0v) is 12.0. The Labute approximate surface area is 123 Å². The molecular weight excluding hydrogens is 264 g/mol. The molecule has 0 unspecified atom stereocenters. The monoisotopic (exact) mass is 280 g/mol. The highest BCUT2D eigenvalue weighted by Crippen LogP contribution is 2.20. The van der Waals surface area contributed by atoms with Crippen LogP contribution in [0.1, 0.15) is 22.8 Å². The maximum Gasteiger partial charge on any atom is 0.259 e. The first kappa shape index (κ1) is 14.5. The second-order valence-corrected chi connectivity index (χ2v) is 4.46. The molecule has 0 aliphatic carbocycles. The van der Waals surface area contributed by atoms with Gasteiger partial charge in [0.1, 0.15) is 11.9 Å². The zero-order chi connectivity index (χ0) is 15.2. The Balaban J connectivity index is 2.25. The summed E-state index contributed by atoms with van der Waals surface area (Å²) >= 11 is 0. The lowest BCUT2D eigenvalue weighted by Crippen LogP contribution is -2.27. The molecule has 0 bridgehead atoms. The van der Waals surface area contributed by atoms with Crippen LogP contribution in [0.4, 0.5) is 11.5 Å². The smallest absolute Gasteiger partial charge is 0.259 e. The molecule has 1 heterocycles. The lowest BCUT2D eigenvalue weighted by atomic mass is 10.1. The number of aromatic nitrogens is 1. The number of pyridine rings is 1. The molecule has 1 N–H and O–H groups in total. The number of nitrogens with zero attached hydrogens (tertiary/aromatic N) is 3. The number of nitriles is 1. The van der Waals surface area contributed by atoms with Crippen molar-refractivity contribution >= 4 is 17.4 Å². The zero-order valence-electron chi connectivity index (χ0n) is 12.0. The Bertz CT molecular complexity index is 673. The molecule has 1 aromatic carbocycles. The van der Waals surface area contributed by atoms with E-state index in [1.54, 1.807) is 43.4 Å². The van der Waals surface area contributed by atoms with Crippen LogP contribution in [0.5, 0.6) is 0 Å². The van der Waals surface area contributed by atoms with E-state index >= 15 is 0 Å². The molecule has 0 radical (unpaired) electrons. The first-order valence-electron chi connectivity index (χ1n) is 6.64. The average Bonchev–Trinajstić information content (AvgIpc) is 2.54. The fourth-order valence-electron chi connectivity index (χ4n) is 1.97. The van der Waals surface area contributed by atoms with Crippen molar-refractivity contribution in [3.8, 4) is 6.07 Å². The first-order valence-corrected chi connectivity index (χ1v) is 6.64. The van der Waals surface area contributed by atoms with Gasteiger partial charge in [0.25, 0.3) is 5.91 Å². The summed E-state index contributed by atoms with van der Waals surface area (Å²) in [5.41, 5.74) is 1.53. The topological polar surface area (TPSA) is 69.0 Å². The summed E-state index contributed by atoms with van der Waals surface area (Å²) < 4.78 is 0. The molecule has 106 valence electrons. The molecule has 2 rings (SSSR count). The van der Waals surface area contributed by atoms with E-state index in [2.05, 4.69) is 16.4 Å². The Morgan fingerprint density at radius 1 is 1.33 bits per heavy atom. The summed E-state index contributed by atoms with van der Waals surface area (Å²) in [6, 6.07) is 12.6. The van der Waals surface area contributed by atoms with Gasteiger partial charge in [-0.2, -0.15) is 5.26 Å². The van der Waals surface area contributed by atoms with Gasteiger partial charge < -0.3 is 10.2 Å². The highest BCUT2D eigenvalue weighted by Gasteiger charge is 2.16. The predicted octanol–water partition coefficient (Wildman–Crippen LogP) is 2.66. The number of para-hydroxylation sites is 1. The van der Waals surface area contributed by atoms with Gasteiger partial charge in [-0.3, -0.25) is 4.79 Å². The van der Waals surface area contributed by atoms with Gasteiger partial charge in [0.15, 0.2) is 0 Å². The third kappa shape index (κ3) is 3.18. The van der Waals surface area contributed by atoms with Gasteiger partial charge in [-0.25, -0.2) is 4.98 Å². The molecule has 1 aromatic heterocycles. The Morgan fingerprint density at radius 3 is 2.71 bits per heavy atom. The summed E-state index contributed by atoms with van der Waals surface area (Å²) in [6.45, 7) is 2.75. The van der Waals surface area contributed by atoms with Crippen LogP contribution in [-0.2, 0) is 0 Å². The number of anilines is 2. The molecule has 0 aliphatic rings. The number of nitrogens with one attached hydrogen (secondary N) is 1. The molecule has 0 fully saturated rings. The third-order valence-electron chi connectivity index (χ3n) is 3.06.